The summed E-state index contributed by atoms with van der Waals surface area (Å²) in [4.78, 5) is 34.1. The second-order valence-electron chi connectivity index (χ2n) is 9.63. The molecule has 1 aromatic heterocycles. The Kier molecular flexibility index (Phi) is 9.09. The van der Waals surface area contributed by atoms with Crippen molar-refractivity contribution >= 4 is 17.6 Å². The standard InChI is InChI=1S/C27H39N5O3/c1-6-22-18-23(17-20(2)29-22)30-26(34)28-13-16-32-14-11-27(3,12-15-32)25(33)31(4)19-21-7-9-24(35-5)10-8-21/h7-10,17-18H,6,11-16,19H2,1-5H3,(H2,28,29,30,34). The minimum atomic E-state index is -0.362. The molecule has 1 fully saturated rings. The fourth-order valence-electron chi connectivity index (χ4n) is 4.51. The average Bonchev–Trinajstić information content (AvgIpc) is 2.84. The lowest BCUT2D eigenvalue weighted by atomic mass is 9.79. The molecule has 2 N–H and O–H groups in total. The van der Waals surface area contributed by atoms with Crippen molar-refractivity contribution in [3.63, 3.8) is 0 Å². The Bertz CT molecular complexity index is 1000. The highest BCUT2D eigenvalue weighted by molar-refractivity contribution is 5.89. The van der Waals surface area contributed by atoms with Crippen LogP contribution in [0.15, 0.2) is 36.4 Å². The van der Waals surface area contributed by atoms with Crippen molar-refractivity contribution in [1.29, 1.82) is 0 Å². The van der Waals surface area contributed by atoms with E-state index in [0.29, 0.717) is 13.1 Å². The summed E-state index contributed by atoms with van der Waals surface area (Å²) in [6.45, 7) is 9.61. The van der Waals surface area contributed by atoms with E-state index >= 15 is 0 Å². The number of rotatable bonds is 9. The van der Waals surface area contributed by atoms with E-state index in [1.54, 1.807) is 7.11 Å². The van der Waals surface area contributed by atoms with E-state index in [9.17, 15) is 9.59 Å². The first kappa shape index (κ1) is 26.5. The van der Waals surface area contributed by atoms with Crippen molar-refractivity contribution in [3.05, 3.63) is 53.3 Å². The fraction of sp³-hybridized carbons (Fsp3) is 0.519. The number of benzene rings is 1. The lowest BCUT2D eigenvalue weighted by Crippen LogP contribution is -2.49. The van der Waals surface area contributed by atoms with Gasteiger partial charge in [0.25, 0.3) is 0 Å². The highest BCUT2D eigenvalue weighted by Crippen LogP contribution is 2.33. The molecule has 0 saturated carbocycles. The number of carbonyl (C=O) groups is 2. The summed E-state index contributed by atoms with van der Waals surface area (Å²) in [5, 5.41) is 5.83. The lowest BCUT2D eigenvalue weighted by Gasteiger charge is -2.40. The first-order chi connectivity index (χ1) is 16.7. The SMILES string of the molecule is CCc1cc(NC(=O)NCCN2CCC(C)(C(=O)N(C)Cc3ccc(OC)cc3)CC2)cc(C)n1. The van der Waals surface area contributed by atoms with Crippen LogP contribution >= 0.6 is 0 Å². The number of methoxy groups -OCH3 is 1. The maximum Gasteiger partial charge on any atom is 0.319 e. The van der Waals surface area contributed by atoms with Crippen molar-refractivity contribution in [2.24, 2.45) is 5.41 Å². The van der Waals surface area contributed by atoms with E-state index in [1.807, 2.05) is 62.2 Å². The molecule has 1 aromatic carbocycles. The second-order valence-corrected chi connectivity index (χ2v) is 9.63. The Morgan fingerprint density at radius 3 is 2.49 bits per heavy atom. The van der Waals surface area contributed by atoms with Crippen LogP contribution in [0.3, 0.4) is 0 Å². The number of pyridine rings is 1. The lowest BCUT2D eigenvalue weighted by molar-refractivity contribution is -0.143. The van der Waals surface area contributed by atoms with Gasteiger partial charge in [0.05, 0.1) is 7.11 Å². The van der Waals surface area contributed by atoms with Gasteiger partial charge in [0.2, 0.25) is 5.91 Å². The van der Waals surface area contributed by atoms with Crippen molar-refractivity contribution < 1.29 is 14.3 Å². The number of nitrogens with zero attached hydrogens (tertiary/aromatic N) is 3. The number of urea groups is 1. The molecule has 8 nitrogen and oxygen atoms in total. The summed E-state index contributed by atoms with van der Waals surface area (Å²) in [6.07, 6.45) is 2.44. The van der Waals surface area contributed by atoms with Crippen LogP contribution in [0, 0.1) is 12.3 Å². The zero-order valence-electron chi connectivity index (χ0n) is 21.7. The van der Waals surface area contributed by atoms with Crippen LogP contribution in [0.2, 0.25) is 0 Å². The molecule has 190 valence electrons. The van der Waals surface area contributed by atoms with Crippen LogP contribution in [-0.4, -0.2) is 67.1 Å². The number of carbonyl (C=O) groups excluding carboxylic acids is 2. The molecular formula is C27H39N5O3. The van der Waals surface area contributed by atoms with Crippen molar-refractivity contribution in [2.75, 3.05) is 45.7 Å². The predicted molar refractivity (Wildman–Crippen MR) is 139 cm³/mol. The van der Waals surface area contributed by atoms with Crippen molar-refractivity contribution in [2.45, 2.75) is 46.6 Å². The zero-order chi connectivity index (χ0) is 25.4. The molecule has 0 radical (unpaired) electrons. The molecule has 3 amide bonds. The number of anilines is 1. The molecule has 1 saturated heterocycles. The molecule has 0 bridgehead atoms. The number of hydrogen-bond donors (Lipinski definition) is 2. The monoisotopic (exact) mass is 481 g/mol. The van der Waals surface area contributed by atoms with E-state index in [-0.39, 0.29) is 17.4 Å². The Hall–Kier alpha value is -3.13. The van der Waals surface area contributed by atoms with Gasteiger partial charge < -0.3 is 25.2 Å². The number of piperidine rings is 1. The van der Waals surface area contributed by atoms with Gasteiger partial charge in [-0.3, -0.25) is 9.78 Å². The molecule has 0 aliphatic carbocycles. The Morgan fingerprint density at radius 1 is 1.17 bits per heavy atom. The smallest absolute Gasteiger partial charge is 0.319 e. The molecule has 0 unspecified atom stereocenters. The highest BCUT2D eigenvalue weighted by Gasteiger charge is 2.38. The summed E-state index contributed by atoms with van der Waals surface area (Å²) in [5.41, 5.74) is 3.33. The second kappa shape index (κ2) is 12.0. The number of likely N-dealkylation sites (tertiary alicyclic amines) is 1. The van der Waals surface area contributed by atoms with E-state index in [0.717, 1.165) is 67.3 Å². The van der Waals surface area contributed by atoms with Gasteiger partial charge in [0, 0.05) is 49.2 Å². The molecule has 3 rings (SSSR count). The van der Waals surface area contributed by atoms with Crippen LogP contribution in [0.1, 0.15) is 43.6 Å². The maximum absolute atomic E-state index is 13.2. The largest absolute Gasteiger partial charge is 0.497 e. The van der Waals surface area contributed by atoms with Gasteiger partial charge in [0.1, 0.15) is 5.75 Å². The normalized spacial score (nSPS) is 15.3. The van der Waals surface area contributed by atoms with Crippen LogP contribution in [0.5, 0.6) is 5.75 Å². The molecule has 35 heavy (non-hydrogen) atoms. The predicted octanol–water partition coefficient (Wildman–Crippen LogP) is 3.84. The van der Waals surface area contributed by atoms with Gasteiger partial charge in [-0.1, -0.05) is 26.0 Å². The van der Waals surface area contributed by atoms with Gasteiger partial charge in [0.15, 0.2) is 0 Å². The third-order valence-electron chi connectivity index (χ3n) is 6.74. The molecular weight excluding hydrogens is 442 g/mol. The van der Waals surface area contributed by atoms with Crippen LogP contribution < -0.4 is 15.4 Å². The number of ether oxygens (including phenoxy) is 1. The minimum absolute atomic E-state index is 0.185. The quantitative estimate of drug-likeness (QED) is 0.568. The van der Waals surface area contributed by atoms with Crippen LogP contribution in [0.4, 0.5) is 10.5 Å². The first-order valence-electron chi connectivity index (χ1n) is 12.4. The topological polar surface area (TPSA) is 86.8 Å². The third-order valence-corrected chi connectivity index (χ3v) is 6.74. The molecule has 0 atom stereocenters. The summed E-state index contributed by atoms with van der Waals surface area (Å²) in [6, 6.07) is 11.4. The van der Waals surface area contributed by atoms with Gasteiger partial charge in [-0.2, -0.15) is 0 Å². The van der Waals surface area contributed by atoms with E-state index in [1.165, 1.54) is 0 Å². The van der Waals surface area contributed by atoms with E-state index in [2.05, 4.69) is 27.4 Å². The molecule has 0 spiro atoms. The van der Waals surface area contributed by atoms with Gasteiger partial charge in [-0.05, 0) is 69.1 Å². The summed E-state index contributed by atoms with van der Waals surface area (Å²) >= 11 is 0. The van der Waals surface area contributed by atoms with Crippen LogP contribution in [0.25, 0.3) is 0 Å². The summed E-state index contributed by atoms with van der Waals surface area (Å²) in [5.74, 6) is 0.997. The number of amides is 3. The van der Waals surface area contributed by atoms with E-state index < -0.39 is 0 Å². The molecule has 2 heterocycles. The Balaban J connectivity index is 1.41. The third kappa shape index (κ3) is 7.42. The van der Waals surface area contributed by atoms with Crippen LogP contribution in [-0.2, 0) is 17.8 Å². The van der Waals surface area contributed by atoms with Gasteiger partial charge in [-0.15, -0.1) is 0 Å². The molecule has 1 aliphatic rings. The highest BCUT2D eigenvalue weighted by atomic mass is 16.5. The fourth-order valence-corrected chi connectivity index (χ4v) is 4.51. The number of aryl methyl sites for hydroxylation is 2. The molecule has 8 heteroatoms. The summed E-state index contributed by atoms with van der Waals surface area (Å²) in [7, 11) is 3.52. The minimum Gasteiger partial charge on any atom is -0.497 e. The summed E-state index contributed by atoms with van der Waals surface area (Å²) < 4.78 is 5.21. The number of aromatic nitrogens is 1. The van der Waals surface area contributed by atoms with Crippen molar-refractivity contribution in [1.82, 2.24) is 20.1 Å². The first-order valence-corrected chi connectivity index (χ1v) is 12.4. The van der Waals surface area contributed by atoms with E-state index in [4.69, 9.17) is 4.74 Å². The van der Waals surface area contributed by atoms with Crippen molar-refractivity contribution in [3.8, 4) is 5.75 Å². The maximum atomic E-state index is 13.2. The average molecular weight is 482 g/mol. The Morgan fingerprint density at radius 2 is 1.86 bits per heavy atom. The number of nitrogens with one attached hydrogen (secondary N) is 2. The zero-order valence-corrected chi connectivity index (χ0v) is 21.7. The molecule has 1 aliphatic heterocycles. The number of hydrogen-bond acceptors (Lipinski definition) is 5. The molecule has 2 aromatic rings. The van der Waals surface area contributed by atoms with Gasteiger partial charge in [-0.25, -0.2) is 4.79 Å². The van der Waals surface area contributed by atoms with Gasteiger partial charge >= 0.3 is 6.03 Å². The Labute approximate surface area is 209 Å².